The number of carboxylic acid groups (broad SMARTS) is 2. The molecule has 1 aromatic heterocycles. The van der Waals surface area contributed by atoms with Crippen molar-refractivity contribution >= 4 is 42.3 Å². The quantitative estimate of drug-likeness (QED) is 0.0841. The highest BCUT2D eigenvalue weighted by atomic mass is 32.1. The zero-order valence-electron chi connectivity index (χ0n) is 18.4. The average Bonchev–Trinajstić information content (AvgIpc) is 3.29. The Morgan fingerprint density at radius 1 is 1.00 bits per heavy atom. The number of aromatic nitrogens is 2. The molecule has 14 nitrogen and oxygen atoms in total. The summed E-state index contributed by atoms with van der Waals surface area (Å²) in [6.07, 6.45) is 3.39. The molecule has 3 amide bonds. The van der Waals surface area contributed by atoms with Crippen LogP contribution in [0.1, 0.15) is 31.4 Å². The number of hydrogen-bond donors (Lipinski definition) is 9. The Bertz CT molecular complexity index is 837. The van der Waals surface area contributed by atoms with Crippen LogP contribution in [0.25, 0.3) is 0 Å². The zero-order valence-corrected chi connectivity index (χ0v) is 19.3. The Labute approximate surface area is 201 Å². The molecular formula is C19H31N7O7S. The molecule has 0 saturated carbocycles. The fraction of sp³-hybridized carbons (Fsp3) is 0.579. The van der Waals surface area contributed by atoms with Crippen LogP contribution in [-0.4, -0.2) is 86.3 Å². The van der Waals surface area contributed by atoms with Gasteiger partial charge < -0.3 is 42.6 Å². The topological polar surface area (TPSA) is 243 Å². The molecule has 0 aliphatic rings. The van der Waals surface area contributed by atoms with Gasteiger partial charge in [0.1, 0.15) is 18.1 Å². The molecule has 0 bridgehead atoms. The van der Waals surface area contributed by atoms with Crippen LogP contribution in [0.5, 0.6) is 0 Å². The highest BCUT2D eigenvalue weighted by Gasteiger charge is 2.31. The Balaban J connectivity index is 2.82. The SMILES string of the molecule is NCCCCC(N)C(=O)NC(CS)C(=O)NC(CC(=O)O)C(=O)NC(Cc1cnc[nH]1)C(=O)O. The number of thiol groups is 1. The maximum atomic E-state index is 12.6. The van der Waals surface area contributed by atoms with Gasteiger partial charge in [0.25, 0.3) is 0 Å². The third-order valence-electron chi connectivity index (χ3n) is 4.73. The summed E-state index contributed by atoms with van der Waals surface area (Å²) in [6.45, 7) is 0.452. The predicted molar refractivity (Wildman–Crippen MR) is 123 cm³/mol. The Kier molecular flexibility index (Phi) is 12.6. The van der Waals surface area contributed by atoms with Crippen LogP contribution in [0.2, 0.25) is 0 Å². The lowest BCUT2D eigenvalue weighted by molar-refractivity contribution is -0.143. The summed E-state index contributed by atoms with van der Waals surface area (Å²) >= 11 is 4.02. The fourth-order valence-electron chi connectivity index (χ4n) is 2.86. The van der Waals surface area contributed by atoms with Gasteiger partial charge in [0.05, 0.1) is 18.8 Å². The molecule has 10 N–H and O–H groups in total. The van der Waals surface area contributed by atoms with Crippen LogP contribution >= 0.6 is 12.6 Å². The molecule has 1 rings (SSSR count). The number of nitrogens with one attached hydrogen (secondary N) is 4. The van der Waals surface area contributed by atoms with Crippen LogP contribution < -0.4 is 27.4 Å². The molecule has 0 aliphatic heterocycles. The van der Waals surface area contributed by atoms with Crippen molar-refractivity contribution in [2.24, 2.45) is 11.5 Å². The van der Waals surface area contributed by atoms with E-state index >= 15 is 0 Å². The Morgan fingerprint density at radius 3 is 2.15 bits per heavy atom. The van der Waals surface area contributed by atoms with E-state index in [1.807, 2.05) is 0 Å². The van der Waals surface area contributed by atoms with Crippen LogP contribution in [0.15, 0.2) is 12.5 Å². The van der Waals surface area contributed by atoms with E-state index in [9.17, 15) is 29.1 Å². The fourth-order valence-corrected chi connectivity index (χ4v) is 3.11. The van der Waals surface area contributed by atoms with E-state index in [1.165, 1.54) is 12.5 Å². The lowest BCUT2D eigenvalue weighted by Crippen LogP contribution is -2.58. The summed E-state index contributed by atoms with van der Waals surface area (Å²) in [6, 6.07) is -5.11. The minimum Gasteiger partial charge on any atom is -0.481 e. The lowest BCUT2D eigenvalue weighted by Gasteiger charge is -2.23. The van der Waals surface area contributed by atoms with Crippen LogP contribution in [0.4, 0.5) is 0 Å². The number of nitrogens with two attached hydrogens (primary N) is 2. The lowest BCUT2D eigenvalue weighted by atomic mass is 10.1. The molecule has 15 heteroatoms. The number of H-pyrrole nitrogens is 1. The summed E-state index contributed by atoms with van der Waals surface area (Å²) < 4.78 is 0. The maximum absolute atomic E-state index is 12.6. The molecular weight excluding hydrogens is 470 g/mol. The van der Waals surface area contributed by atoms with Gasteiger partial charge in [-0.2, -0.15) is 12.6 Å². The normalized spacial score (nSPS) is 14.3. The van der Waals surface area contributed by atoms with Gasteiger partial charge in [-0.25, -0.2) is 9.78 Å². The number of rotatable bonds is 16. The molecule has 0 aliphatic carbocycles. The van der Waals surface area contributed by atoms with Gasteiger partial charge >= 0.3 is 11.9 Å². The van der Waals surface area contributed by atoms with Gasteiger partial charge in [0.15, 0.2) is 0 Å². The van der Waals surface area contributed by atoms with Crippen molar-refractivity contribution in [2.75, 3.05) is 12.3 Å². The Morgan fingerprint density at radius 2 is 1.62 bits per heavy atom. The molecule has 1 aromatic rings. The van der Waals surface area contributed by atoms with E-state index in [-0.39, 0.29) is 12.2 Å². The van der Waals surface area contributed by atoms with Crippen molar-refractivity contribution < 1.29 is 34.2 Å². The third kappa shape index (κ3) is 10.2. The summed E-state index contributed by atoms with van der Waals surface area (Å²) in [4.78, 5) is 66.7. The van der Waals surface area contributed by atoms with E-state index in [2.05, 4.69) is 38.5 Å². The number of aromatic amines is 1. The number of nitrogens with zero attached hydrogens (tertiary/aromatic N) is 1. The van der Waals surface area contributed by atoms with Gasteiger partial charge in [-0.3, -0.25) is 19.2 Å². The maximum Gasteiger partial charge on any atom is 0.326 e. The van der Waals surface area contributed by atoms with Crippen molar-refractivity contribution in [3.63, 3.8) is 0 Å². The monoisotopic (exact) mass is 501 g/mol. The second-order valence-electron chi connectivity index (χ2n) is 7.47. The third-order valence-corrected chi connectivity index (χ3v) is 5.09. The van der Waals surface area contributed by atoms with E-state index in [1.54, 1.807) is 0 Å². The number of carbonyl (C=O) groups excluding carboxylic acids is 3. The predicted octanol–water partition coefficient (Wildman–Crippen LogP) is -2.65. The molecule has 0 radical (unpaired) electrons. The molecule has 0 fully saturated rings. The summed E-state index contributed by atoms with van der Waals surface area (Å²) in [5, 5.41) is 25.4. The second-order valence-corrected chi connectivity index (χ2v) is 7.84. The first kappa shape index (κ1) is 28.9. The molecule has 4 atom stereocenters. The van der Waals surface area contributed by atoms with Crippen molar-refractivity contribution in [2.45, 2.75) is 56.3 Å². The van der Waals surface area contributed by atoms with Crippen molar-refractivity contribution in [3.8, 4) is 0 Å². The molecule has 34 heavy (non-hydrogen) atoms. The first-order valence-electron chi connectivity index (χ1n) is 10.5. The number of imidazole rings is 1. The number of carbonyl (C=O) groups is 5. The average molecular weight is 502 g/mol. The Hall–Kier alpha value is -3.17. The van der Waals surface area contributed by atoms with Crippen LogP contribution in [0.3, 0.4) is 0 Å². The minimum absolute atomic E-state index is 0.147. The zero-order chi connectivity index (χ0) is 25.7. The van der Waals surface area contributed by atoms with Gasteiger partial charge in [-0.15, -0.1) is 0 Å². The first-order valence-corrected chi connectivity index (χ1v) is 11.1. The molecule has 4 unspecified atom stereocenters. The molecule has 0 spiro atoms. The van der Waals surface area contributed by atoms with Gasteiger partial charge in [0.2, 0.25) is 17.7 Å². The standard InChI is InChI=1S/C19H31N7O7S/c20-4-2-1-3-11(21)16(29)26-14(8-34)18(31)24-12(6-15(27)28)17(30)25-13(19(32)33)5-10-7-22-9-23-10/h7,9,11-14,34H,1-6,8,20-21H2,(H,22,23)(H,24,31)(H,25,30)(H,26,29)(H,27,28)(H,32,33). The number of hydrogen-bond acceptors (Lipinski definition) is 9. The summed E-state index contributed by atoms with van der Waals surface area (Å²) in [7, 11) is 0. The van der Waals surface area contributed by atoms with Crippen molar-refractivity contribution in [3.05, 3.63) is 18.2 Å². The smallest absolute Gasteiger partial charge is 0.326 e. The highest BCUT2D eigenvalue weighted by molar-refractivity contribution is 7.80. The number of amides is 3. The van der Waals surface area contributed by atoms with E-state index in [0.717, 1.165) is 0 Å². The van der Waals surface area contributed by atoms with Gasteiger partial charge in [-0.1, -0.05) is 6.42 Å². The van der Waals surface area contributed by atoms with Crippen LogP contribution in [0, 0.1) is 0 Å². The van der Waals surface area contributed by atoms with Crippen LogP contribution in [-0.2, 0) is 30.4 Å². The van der Waals surface area contributed by atoms with Gasteiger partial charge in [-0.05, 0) is 19.4 Å². The largest absolute Gasteiger partial charge is 0.481 e. The summed E-state index contributed by atoms with van der Waals surface area (Å²) in [5.74, 6) is -5.45. The number of carboxylic acids is 2. The molecule has 190 valence electrons. The molecule has 0 saturated heterocycles. The number of aliphatic carboxylic acids is 2. The summed E-state index contributed by atoms with van der Waals surface area (Å²) in [5.41, 5.74) is 11.6. The number of unbranched alkanes of at least 4 members (excludes halogenated alkanes) is 1. The molecule has 1 heterocycles. The van der Waals surface area contributed by atoms with Crippen molar-refractivity contribution in [1.82, 2.24) is 25.9 Å². The van der Waals surface area contributed by atoms with Gasteiger partial charge in [0, 0.05) is 24.1 Å². The van der Waals surface area contributed by atoms with E-state index < -0.39 is 60.2 Å². The molecule has 0 aromatic carbocycles. The highest BCUT2D eigenvalue weighted by Crippen LogP contribution is 2.03. The van der Waals surface area contributed by atoms with E-state index in [4.69, 9.17) is 16.6 Å². The minimum atomic E-state index is -1.61. The first-order chi connectivity index (χ1) is 16.1. The van der Waals surface area contributed by atoms with E-state index in [0.29, 0.717) is 31.5 Å². The second kappa shape index (κ2) is 14.9. The van der Waals surface area contributed by atoms with Crippen molar-refractivity contribution in [1.29, 1.82) is 0 Å².